The first-order valence-corrected chi connectivity index (χ1v) is 5.16. The second-order valence-electron chi connectivity index (χ2n) is 2.71. The van der Waals surface area contributed by atoms with Crippen molar-refractivity contribution in [2.24, 2.45) is 4.99 Å². The van der Waals surface area contributed by atoms with Gasteiger partial charge in [0.05, 0.1) is 17.7 Å². The van der Waals surface area contributed by atoms with E-state index in [4.69, 9.17) is 9.29 Å². The van der Waals surface area contributed by atoms with Gasteiger partial charge in [-0.2, -0.15) is 0 Å². The third kappa shape index (κ3) is 3.98. The fourth-order valence-corrected chi connectivity index (χ4v) is 1.50. The molecule has 0 aliphatic carbocycles. The molecule has 1 aromatic carbocycles. The van der Waals surface area contributed by atoms with Crippen molar-refractivity contribution < 1.29 is 37.5 Å². The average Bonchev–Trinajstić information content (AvgIpc) is 2.16. The molecule has 1 aromatic rings. The molecular formula is C9H10LiNO4S. The van der Waals surface area contributed by atoms with Crippen molar-refractivity contribution in [1.29, 1.82) is 0 Å². The van der Waals surface area contributed by atoms with Gasteiger partial charge < -0.3 is 14.4 Å². The molecular weight excluding hydrogens is 225 g/mol. The summed E-state index contributed by atoms with van der Waals surface area (Å²) in [6.45, 7) is 1.27. The maximum Gasteiger partial charge on any atom is 1.00 e. The minimum atomic E-state index is -2.17. The van der Waals surface area contributed by atoms with E-state index in [2.05, 4.69) is 4.99 Å². The van der Waals surface area contributed by atoms with Crippen LogP contribution in [0.4, 0.5) is 5.69 Å². The number of methoxy groups -OCH3 is 1. The van der Waals surface area contributed by atoms with Crippen molar-refractivity contribution in [1.82, 2.24) is 0 Å². The molecule has 0 amide bonds. The zero-order valence-electron chi connectivity index (χ0n) is 9.26. The Morgan fingerprint density at radius 3 is 2.62 bits per heavy atom. The summed E-state index contributed by atoms with van der Waals surface area (Å²) in [4.78, 5) is 3.71. The normalized spacial score (nSPS) is 12.8. The number of benzene rings is 1. The van der Waals surface area contributed by atoms with Crippen LogP contribution in [0.15, 0.2) is 28.1 Å². The molecule has 16 heavy (non-hydrogen) atoms. The topological polar surface area (TPSA) is 82.0 Å². The Kier molecular flexibility index (Phi) is 6.37. The van der Waals surface area contributed by atoms with Crippen molar-refractivity contribution in [2.75, 3.05) is 7.11 Å². The fourth-order valence-electron chi connectivity index (χ4n) is 1.03. The van der Waals surface area contributed by atoms with Crippen LogP contribution in [0.1, 0.15) is 6.92 Å². The van der Waals surface area contributed by atoms with Crippen LogP contribution in [0.3, 0.4) is 0 Å². The number of rotatable bonds is 3. The molecule has 0 spiro atoms. The molecule has 82 valence electrons. The maximum absolute atomic E-state index is 10.9. The molecule has 5 nitrogen and oxygen atoms in total. The van der Waals surface area contributed by atoms with Gasteiger partial charge >= 0.3 is 18.9 Å². The van der Waals surface area contributed by atoms with E-state index in [0.29, 0.717) is 5.75 Å². The molecule has 0 aromatic heterocycles. The standard InChI is InChI=1S/C9H11NO4S.Li/c1-6(11)10-8-5-7(14-2)3-4-9(8)15(12)13;/h3-5H,1-2H3,(H,10,11)(H,12,13);/q;+1/p-1. The Morgan fingerprint density at radius 1 is 1.56 bits per heavy atom. The fraction of sp³-hybridized carbons (Fsp3) is 0.222. The van der Waals surface area contributed by atoms with Gasteiger partial charge in [-0.3, -0.25) is 4.99 Å². The van der Waals surface area contributed by atoms with Crippen LogP contribution in [-0.4, -0.2) is 21.8 Å². The third-order valence-corrected chi connectivity index (χ3v) is 2.35. The Bertz CT molecular complexity index is 418. The average molecular weight is 235 g/mol. The van der Waals surface area contributed by atoms with E-state index >= 15 is 0 Å². The molecule has 1 atom stereocenters. The van der Waals surface area contributed by atoms with Crippen molar-refractivity contribution in [3.05, 3.63) is 18.2 Å². The summed E-state index contributed by atoms with van der Waals surface area (Å²) in [5, 5.41) is 10.8. The van der Waals surface area contributed by atoms with Gasteiger partial charge in [0.15, 0.2) is 11.1 Å². The van der Waals surface area contributed by atoms with Crippen LogP contribution in [0.2, 0.25) is 0 Å². The SMILES string of the molecule is COc1ccc(S(=O)O)c(N=C(C)[O-])c1.[Li+]. The van der Waals surface area contributed by atoms with Gasteiger partial charge in [0.25, 0.3) is 0 Å². The van der Waals surface area contributed by atoms with Crippen LogP contribution in [0.25, 0.3) is 0 Å². The molecule has 0 saturated heterocycles. The van der Waals surface area contributed by atoms with E-state index in [1.165, 1.54) is 32.2 Å². The van der Waals surface area contributed by atoms with Gasteiger partial charge in [-0.1, -0.05) is 0 Å². The number of ether oxygens (including phenoxy) is 1. The minimum absolute atomic E-state index is 0. The second-order valence-corrected chi connectivity index (χ2v) is 3.65. The van der Waals surface area contributed by atoms with Crippen LogP contribution >= 0.6 is 0 Å². The van der Waals surface area contributed by atoms with Gasteiger partial charge in [0.1, 0.15) is 5.75 Å². The Morgan fingerprint density at radius 2 is 2.19 bits per heavy atom. The van der Waals surface area contributed by atoms with Crippen molar-refractivity contribution in [3.8, 4) is 5.75 Å². The Balaban J connectivity index is 0.00000225. The van der Waals surface area contributed by atoms with E-state index in [1.54, 1.807) is 0 Å². The smallest absolute Gasteiger partial charge is 0.862 e. The monoisotopic (exact) mass is 235 g/mol. The van der Waals surface area contributed by atoms with Crippen molar-refractivity contribution in [3.63, 3.8) is 0 Å². The number of hydrogen-bond donors (Lipinski definition) is 1. The quantitative estimate of drug-likeness (QED) is 0.276. The molecule has 7 heteroatoms. The van der Waals surface area contributed by atoms with Gasteiger partial charge in [-0.05, 0) is 25.0 Å². The molecule has 1 rings (SSSR count). The summed E-state index contributed by atoms with van der Waals surface area (Å²) in [6.07, 6.45) is 0. The van der Waals surface area contributed by atoms with E-state index < -0.39 is 17.0 Å². The van der Waals surface area contributed by atoms with Crippen LogP contribution in [0, 0.1) is 0 Å². The minimum Gasteiger partial charge on any atom is -0.862 e. The van der Waals surface area contributed by atoms with Gasteiger partial charge in [-0.25, -0.2) is 4.21 Å². The zero-order chi connectivity index (χ0) is 11.4. The zero-order valence-corrected chi connectivity index (χ0v) is 10.1. The summed E-state index contributed by atoms with van der Waals surface area (Å²) in [6, 6.07) is 4.37. The third-order valence-electron chi connectivity index (χ3n) is 1.63. The maximum atomic E-state index is 10.9. The summed E-state index contributed by atoms with van der Waals surface area (Å²) in [7, 11) is 1.46. The molecule has 0 aliphatic heterocycles. The number of hydrogen-bond acceptors (Lipinski definition) is 4. The Hall–Kier alpha value is -0.803. The molecule has 0 aliphatic rings. The molecule has 0 saturated carbocycles. The van der Waals surface area contributed by atoms with Crippen molar-refractivity contribution >= 4 is 22.7 Å². The summed E-state index contributed by atoms with van der Waals surface area (Å²) in [5.41, 5.74) is 0.155. The predicted molar refractivity (Wildman–Crippen MR) is 54.8 cm³/mol. The summed E-state index contributed by atoms with van der Waals surface area (Å²) >= 11 is -2.17. The first-order valence-electron chi connectivity index (χ1n) is 4.06. The van der Waals surface area contributed by atoms with Gasteiger partial charge in [0, 0.05) is 6.07 Å². The molecule has 0 fully saturated rings. The second kappa shape index (κ2) is 6.71. The number of aliphatic imine (C=N–C) groups is 1. The summed E-state index contributed by atoms with van der Waals surface area (Å²) < 4.78 is 24.8. The van der Waals surface area contributed by atoms with Gasteiger partial charge in [0.2, 0.25) is 0 Å². The van der Waals surface area contributed by atoms with Crippen LogP contribution in [-0.2, 0) is 11.1 Å². The molecule has 1 N–H and O–H groups in total. The van der Waals surface area contributed by atoms with Crippen LogP contribution < -0.4 is 28.7 Å². The van der Waals surface area contributed by atoms with E-state index in [9.17, 15) is 9.32 Å². The first kappa shape index (κ1) is 15.2. The number of nitrogens with zero attached hydrogens (tertiary/aromatic N) is 1. The molecule has 0 radical (unpaired) electrons. The van der Waals surface area contributed by atoms with E-state index in [-0.39, 0.29) is 29.4 Å². The molecule has 0 heterocycles. The van der Waals surface area contributed by atoms with E-state index in [1.807, 2.05) is 0 Å². The predicted octanol–water partition coefficient (Wildman–Crippen LogP) is -2.31. The van der Waals surface area contributed by atoms with Gasteiger partial charge in [-0.15, -0.1) is 0 Å². The van der Waals surface area contributed by atoms with E-state index in [0.717, 1.165) is 0 Å². The Labute approximate surface area is 108 Å². The van der Waals surface area contributed by atoms with Crippen LogP contribution in [0.5, 0.6) is 5.75 Å². The largest absolute Gasteiger partial charge is 1.00 e. The van der Waals surface area contributed by atoms with Crippen molar-refractivity contribution in [2.45, 2.75) is 11.8 Å². The summed E-state index contributed by atoms with van der Waals surface area (Å²) in [5.74, 6) is 0.0409. The molecule has 1 unspecified atom stereocenters. The first-order chi connectivity index (χ1) is 7.04. The molecule has 0 bridgehead atoms.